The molecule has 2 N–H and O–H groups in total. The standard InChI is InChI=1S/C14H19N5O/c1-9-4-3-5-12(13(9)15)14-16-17-18-19(14)8-11-6-7-20-10(11)2/h3-5,10-11H,6-8,15H2,1-2H3. The van der Waals surface area contributed by atoms with Crippen LogP contribution in [0.1, 0.15) is 18.9 Å². The van der Waals surface area contributed by atoms with Gasteiger partial charge < -0.3 is 10.5 Å². The average molecular weight is 273 g/mol. The summed E-state index contributed by atoms with van der Waals surface area (Å²) in [6, 6.07) is 5.92. The molecule has 2 aromatic rings. The maximum atomic E-state index is 6.14. The highest BCUT2D eigenvalue weighted by molar-refractivity contribution is 5.73. The number of tetrazole rings is 1. The zero-order valence-corrected chi connectivity index (χ0v) is 11.8. The molecular weight excluding hydrogens is 254 g/mol. The summed E-state index contributed by atoms with van der Waals surface area (Å²) in [5.41, 5.74) is 8.81. The van der Waals surface area contributed by atoms with Gasteiger partial charge in [-0.25, -0.2) is 4.68 Å². The van der Waals surface area contributed by atoms with Crippen molar-refractivity contribution in [2.24, 2.45) is 5.92 Å². The Balaban J connectivity index is 1.92. The van der Waals surface area contributed by atoms with Crippen LogP contribution in [0.4, 0.5) is 5.69 Å². The van der Waals surface area contributed by atoms with Crippen LogP contribution in [0.25, 0.3) is 11.4 Å². The zero-order valence-electron chi connectivity index (χ0n) is 11.8. The first kappa shape index (κ1) is 13.1. The lowest BCUT2D eigenvalue weighted by atomic mass is 10.0. The van der Waals surface area contributed by atoms with Crippen molar-refractivity contribution in [1.29, 1.82) is 0 Å². The van der Waals surface area contributed by atoms with Gasteiger partial charge in [0.1, 0.15) is 0 Å². The Labute approximate surface area is 117 Å². The van der Waals surface area contributed by atoms with Crippen molar-refractivity contribution < 1.29 is 4.74 Å². The molecule has 20 heavy (non-hydrogen) atoms. The Morgan fingerprint density at radius 1 is 1.45 bits per heavy atom. The number of aromatic nitrogens is 4. The molecule has 2 heterocycles. The SMILES string of the molecule is Cc1cccc(-c2nnnn2CC2CCOC2C)c1N. The lowest BCUT2D eigenvalue weighted by Gasteiger charge is -2.15. The lowest BCUT2D eigenvalue weighted by Crippen LogP contribution is -2.19. The summed E-state index contributed by atoms with van der Waals surface area (Å²) >= 11 is 0. The van der Waals surface area contributed by atoms with Gasteiger partial charge in [-0.05, 0) is 42.3 Å². The smallest absolute Gasteiger partial charge is 0.184 e. The molecule has 1 aliphatic rings. The average Bonchev–Trinajstić information content (AvgIpc) is 3.04. The number of nitrogens with zero attached hydrogens (tertiary/aromatic N) is 4. The molecule has 0 radical (unpaired) electrons. The molecule has 1 aromatic carbocycles. The van der Waals surface area contributed by atoms with Gasteiger partial charge in [-0.2, -0.15) is 0 Å². The van der Waals surface area contributed by atoms with Crippen molar-refractivity contribution in [2.45, 2.75) is 32.9 Å². The summed E-state index contributed by atoms with van der Waals surface area (Å²) in [6.07, 6.45) is 1.30. The van der Waals surface area contributed by atoms with E-state index in [2.05, 4.69) is 22.4 Å². The largest absolute Gasteiger partial charge is 0.398 e. The molecule has 0 spiro atoms. The first-order valence-electron chi connectivity index (χ1n) is 6.90. The van der Waals surface area contributed by atoms with Crippen LogP contribution in [-0.2, 0) is 11.3 Å². The van der Waals surface area contributed by atoms with Crippen LogP contribution in [0, 0.1) is 12.8 Å². The summed E-state index contributed by atoms with van der Waals surface area (Å²) < 4.78 is 7.43. The minimum atomic E-state index is 0.252. The predicted octanol–water partition coefficient (Wildman–Crippen LogP) is 1.66. The van der Waals surface area contributed by atoms with E-state index in [-0.39, 0.29) is 6.10 Å². The first-order valence-corrected chi connectivity index (χ1v) is 6.90. The number of aryl methyl sites for hydroxylation is 1. The van der Waals surface area contributed by atoms with Gasteiger partial charge in [0.05, 0.1) is 12.6 Å². The maximum Gasteiger partial charge on any atom is 0.184 e. The van der Waals surface area contributed by atoms with Crippen LogP contribution in [-0.4, -0.2) is 32.9 Å². The van der Waals surface area contributed by atoms with E-state index in [1.165, 1.54) is 0 Å². The normalized spacial score (nSPS) is 22.3. The Bertz CT molecular complexity index is 609. The Hall–Kier alpha value is -1.95. The molecule has 0 amide bonds. The topological polar surface area (TPSA) is 78.8 Å². The van der Waals surface area contributed by atoms with E-state index in [0.29, 0.717) is 5.92 Å². The van der Waals surface area contributed by atoms with Crippen molar-refractivity contribution in [1.82, 2.24) is 20.2 Å². The Kier molecular flexibility index (Phi) is 3.40. The molecule has 6 heteroatoms. The van der Waals surface area contributed by atoms with Crippen LogP contribution in [0.5, 0.6) is 0 Å². The minimum Gasteiger partial charge on any atom is -0.398 e. The number of nitrogens with two attached hydrogens (primary N) is 1. The molecule has 0 bridgehead atoms. The monoisotopic (exact) mass is 273 g/mol. The predicted molar refractivity (Wildman–Crippen MR) is 75.9 cm³/mol. The second-order valence-electron chi connectivity index (χ2n) is 5.35. The van der Waals surface area contributed by atoms with Gasteiger partial charge >= 0.3 is 0 Å². The van der Waals surface area contributed by atoms with E-state index < -0.39 is 0 Å². The fourth-order valence-electron chi connectivity index (χ4n) is 2.63. The summed E-state index contributed by atoms with van der Waals surface area (Å²) in [6.45, 7) is 5.66. The van der Waals surface area contributed by atoms with Crippen LogP contribution < -0.4 is 5.73 Å². The van der Waals surface area contributed by atoms with Gasteiger partial charge in [-0.1, -0.05) is 12.1 Å². The van der Waals surface area contributed by atoms with E-state index in [1.54, 1.807) is 0 Å². The second-order valence-corrected chi connectivity index (χ2v) is 5.35. The van der Waals surface area contributed by atoms with Gasteiger partial charge in [0.25, 0.3) is 0 Å². The zero-order chi connectivity index (χ0) is 14.1. The number of ether oxygens (including phenoxy) is 1. The number of benzene rings is 1. The third-order valence-corrected chi connectivity index (χ3v) is 4.04. The fraction of sp³-hybridized carbons (Fsp3) is 0.500. The van der Waals surface area contributed by atoms with Crippen molar-refractivity contribution in [2.75, 3.05) is 12.3 Å². The fourth-order valence-corrected chi connectivity index (χ4v) is 2.63. The van der Waals surface area contributed by atoms with E-state index in [4.69, 9.17) is 10.5 Å². The van der Waals surface area contributed by atoms with Crippen molar-refractivity contribution >= 4 is 5.69 Å². The van der Waals surface area contributed by atoms with Crippen LogP contribution in [0.15, 0.2) is 18.2 Å². The number of para-hydroxylation sites is 1. The van der Waals surface area contributed by atoms with E-state index in [0.717, 1.165) is 42.2 Å². The molecule has 1 aromatic heterocycles. The van der Waals surface area contributed by atoms with Crippen LogP contribution in [0.2, 0.25) is 0 Å². The number of nitrogen functional groups attached to an aromatic ring is 1. The Morgan fingerprint density at radius 3 is 3.05 bits per heavy atom. The summed E-state index contributed by atoms with van der Waals surface area (Å²) in [5.74, 6) is 1.17. The van der Waals surface area contributed by atoms with Gasteiger partial charge in [-0.15, -0.1) is 5.10 Å². The number of rotatable bonds is 3. The first-order chi connectivity index (χ1) is 9.66. The van der Waals surface area contributed by atoms with Crippen molar-refractivity contribution in [3.8, 4) is 11.4 Å². The van der Waals surface area contributed by atoms with Crippen molar-refractivity contribution in [3.05, 3.63) is 23.8 Å². The third-order valence-electron chi connectivity index (χ3n) is 4.04. The molecule has 0 saturated carbocycles. The highest BCUT2D eigenvalue weighted by Gasteiger charge is 2.26. The molecule has 1 saturated heterocycles. The molecule has 1 aliphatic heterocycles. The summed E-state index contributed by atoms with van der Waals surface area (Å²) in [7, 11) is 0. The van der Waals surface area contributed by atoms with Crippen molar-refractivity contribution in [3.63, 3.8) is 0 Å². The second kappa shape index (κ2) is 5.20. The summed E-state index contributed by atoms with van der Waals surface area (Å²) in [4.78, 5) is 0. The molecule has 2 atom stereocenters. The molecular formula is C14H19N5O. The number of hydrogen-bond acceptors (Lipinski definition) is 5. The van der Waals surface area contributed by atoms with E-state index in [9.17, 15) is 0 Å². The van der Waals surface area contributed by atoms with Gasteiger partial charge in [-0.3, -0.25) is 0 Å². The van der Waals surface area contributed by atoms with Gasteiger partial charge in [0.2, 0.25) is 0 Å². The summed E-state index contributed by atoms with van der Waals surface area (Å²) in [5, 5.41) is 12.0. The highest BCUT2D eigenvalue weighted by atomic mass is 16.5. The molecule has 3 rings (SSSR count). The molecule has 1 fully saturated rings. The quantitative estimate of drug-likeness (QED) is 0.860. The van der Waals surface area contributed by atoms with Crippen LogP contribution in [0.3, 0.4) is 0 Å². The van der Waals surface area contributed by atoms with Gasteiger partial charge in [0.15, 0.2) is 5.82 Å². The third kappa shape index (κ3) is 2.27. The van der Waals surface area contributed by atoms with Gasteiger partial charge in [0, 0.05) is 23.8 Å². The Morgan fingerprint density at radius 2 is 2.30 bits per heavy atom. The molecule has 106 valence electrons. The number of anilines is 1. The highest BCUT2D eigenvalue weighted by Crippen LogP contribution is 2.28. The van der Waals surface area contributed by atoms with E-state index in [1.807, 2.05) is 29.8 Å². The molecule has 0 aliphatic carbocycles. The van der Waals surface area contributed by atoms with Crippen LogP contribution >= 0.6 is 0 Å². The lowest BCUT2D eigenvalue weighted by molar-refractivity contribution is 0.101. The number of hydrogen-bond donors (Lipinski definition) is 1. The molecule has 2 unspecified atom stereocenters. The molecule has 6 nitrogen and oxygen atoms in total. The van der Waals surface area contributed by atoms with E-state index >= 15 is 0 Å². The minimum absolute atomic E-state index is 0.252. The maximum absolute atomic E-state index is 6.14.